The Balaban J connectivity index is 1.36. The third kappa shape index (κ3) is 7.22. The van der Waals surface area contributed by atoms with Crippen LogP contribution in [-0.2, 0) is 11.2 Å². The number of pyridine rings is 1. The molecule has 1 saturated carbocycles. The van der Waals surface area contributed by atoms with Crippen LogP contribution in [0, 0.1) is 5.41 Å². The molecule has 5 rings (SSSR count). The SMILES string of the molecule is CC(C)c1ccccc1CC[C@@H](SCC1(CC(=O)O)CC1)c1cccc(C=Cc2ccc3scc(Br)c3n2)c1. The first-order valence-electron chi connectivity index (χ1n) is 13.5. The number of aliphatic carboxylic acids is 1. The van der Waals surface area contributed by atoms with E-state index in [-0.39, 0.29) is 11.8 Å². The molecule has 2 aromatic carbocycles. The molecule has 2 heterocycles. The number of carboxylic acid groups (broad SMARTS) is 1. The molecule has 1 atom stereocenters. The van der Waals surface area contributed by atoms with Gasteiger partial charge in [-0.25, -0.2) is 4.98 Å². The van der Waals surface area contributed by atoms with Gasteiger partial charge in [-0.05, 0) is 93.4 Å². The highest BCUT2D eigenvalue weighted by molar-refractivity contribution is 9.10. The summed E-state index contributed by atoms with van der Waals surface area (Å²) in [6.45, 7) is 4.51. The summed E-state index contributed by atoms with van der Waals surface area (Å²) in [5.41, 5.74) is 7.21. The van der Waals surface area contributed by atoms with E-state index in [1.165, 1.54) is 21.4 Å². The van der Waals surface area contributed by atoms with Crippen LogP contribution in [0.25, 0.3) is 22.4 Å². The molecule has 2 aromatic heterocycles. The number of rotatable bonds is 12. The number of nitrogens with zero attached hydrogens (tertiary/aromatic N) is 1. The normalized spacial score (nSPS) is 15.3. The highest BCUT2D eigenvalue weighted by Crippen LogP contribution is 2.53. The van der Waals surface area contributed by atoms with Crippen molar-refractivity contribution in [3.63, 3.8) is 0 Å². The molecular weight excluding hydrogens is 586 g/mol. The second-order valence-electron chi connectivity index (χ2n) is 10.9. The fourth-order valence-corrected chi connectivity index (χ4v) is 8.18. The molecule has 0 saturated heterocycles. The lowest BCUT2D eigenvalue weighted by molar-refractivity contribution is -0.138. The number of thiophene rings is 1. The number of hydrogen-bond acceptors (Lipinski definition) is 4. The molecule has 3 nitrogen and oxygen atoms in total. The van der Waals surface area contributed by atoms with Gasteiger partial charge in [-0.15, -0.1) is 11.3 Å². The van der Waals surface area contributed by atoms with Gasteiger partial charge >= 0.3 is 5.97 Å². The zero-order chi connectivity index (χ0) is 27.4. The maximum atomic E-state index is 11.5. The molecule has 1 aliphatic rings. The summed E-state index contributed by atoms with van der Waals surface area (Å²) < 4.78 is 2.21. The average Bonchev–Trinajstić information content (AvgIpc) is 3.59. The van der Waals surface area contributed by atoms with E-state index >= 15 is 0 Å². The Morgan fingerprint density at radius 2 is 1.95 bits per heavy atom. The monoisotopic (exact) mass is 619 g/mol. The first kappa shape index (κ1) is 28.1. The molecule has 1 N–H and O–H groups in total. The quantitative estimate of drug-likeness (QED) is 0.171. The van der Waals surface area contributed by atoms with Gasteiger partial charge in [0.25, 0.3) is 0 Å². The Bertz CT molecular complexity index is 1490. The van der Waals surface area contributed by atoms with E-state index in [1.807, 2.05) is 11.8 Å². The molecule has 1 fully saturated rings. The summed E-state index contributed by atoms with van der Waals surface area (Å²) in [4.78, 5) is 16.3. The Labute approximate surface area is 247 Å². The number of carboxylic acids is 1. The van der Waals surface area contributed by atoms with Crippen molar-refractivity contribution in [1.82, 2.24) is 4.98 Å². The lowest BCUT2D eigenvalue weighted by Crippen LogP contribution is -2.12. The molecule has 0 spiro atoms. The maximum Gasteiger partial charge on any atom is 0.303 e. The van der Waals surface area contributed by atoms with E-state index in [1.54, 1.807) is 11.3 Å². The van der Waals surface area contributed by atoms with E-state index in [4.69, 9.17) is 4.98 Å². The lowest BCUT2D eigenvalue weighted by atomic mass is 9.93. The molecule has 0 amide bonds. The van der Waals surface area contributed by atoms with Gasteiger partial charge in [0.2, 0.25) is 0 Å². The topological polar surface area (TPSA) is 50.2 Å². The minimum atomic E-state index is -0.677. The molecule has 0 aliphatic heterocycles. The molecule has 0 radical (unpaired) electrons. The van der Waals surface area contributed by atoms with Crippen LogP contribution in [0.3, 0.4) is 0 Å². The van der Waals surface area contributed by atoms with Crippen LogP contribution >= 0.6 is 39.0 Å². The Kier molecular flexibility index (Phi) is 8.95. The number of halogens is 1. The van der Waals surface area contributed by atoms with Gasteiger partial charge in [0.1, 0.15) is 0 Å². The number of fused-ring (bicyclic) bond motifs is 1. The van der Waals surface area contributed by atoms with Crippen molar-refractivity contribution in [1.29, 1.82) is 0 Å². The minimum absolute atomic E-state index is 0.0254. The number of aromatic nitrogens is 1. The van der Waals surface area contributed by atoms with E-state index in [0.717, 1.165) is 52.7 Å². The Hall–Kier alpha value is -2.41. The van der Waals surface area contributed by atoms with Crippen LogP contribution in [0.15, 0.2) is 70.5 Å². The summed E-state index contributed by atoms with van der Waals surface area (Å²) in [5.74, 6) is 0.715. The summed E-state index contributed by atoms with van der Waals surface area (Å²) in [7, 11) is 0. The van der Waals surface area contributed by atoms with Gasteiger partial charge < -0.3 is 5.11 Å². The van der Waals surface area contributed by atoms with Crippen molar-refractivity contribution >= 4 is 67.4 Å². The molecule has 0 bridgehead atoms. The first-order valence-corrected chi connectivity index (χ1v) is 16.3. The van der Waals surface area contributed by atoms with Gasteiger partial charge in [0.05, 0.1) is 26.8 Å². The van der Waals surface area contributed by atoms with Crippen molar-refractivity contribution < 1.29 is 9.90 Å². The van der Waals surface area contributed by atoms with Crippen LogP contribution in [0.1, 0.15) is 78.6 Å². The van der Waals surface area contributed by atoms with Gasteiger partial charge in [-0.2, -0.15) is 11.8 Å². The third-order valence-electron chi connectivity index (χ3n) is 7.55. The molecule has 4 aromatic rings. The van der Waals surface area contributed by atoms with Gasteiger partial charge in [-0.3, -0.25) is 4.79 Å². The predicted octanol–water partition coefficient (Wildman–Crippen LogP) is 10.0. The second-order valence-corrected chi connectivity index (χ2v) is 13.9. The zero-order valence-corrected chi connectivity index (χ0v) is 25.6. The van der Waals surface area contributed by atoms with Gasteiger partial charge in [0, 0.05) is 16.4 Å². The number of thioether (sulfide) groups is 1. The van der Waals surface area contributed by atoms with Crippen LogP contribution in [0.2, 0.25) is 0 Å². The highest BCUT2D eigenvalue weighted by Gasteiger charge is 2.44. The summed E-state index contributed by atoms with van der Waals surface area (Å²) in [6.07, 6.45) is 8.58. The summed E-state index contributed by atoms with van der Waals surface area (Å²) >= 11 is 7.24. The van der Waals surface area contributed by atoms with Crippen LogP contribution in [-0.4, -0.2) is 21.8 Å². The zero-order valence-electron chi connectivity index (χ0n) is 22.4. The highest BCUT2D eigenvalue weighted by atomic mass is 79.9. The Morgan fingerprint density at radius 3 is 2.72 bits per heavy atom. The fraction of sp³-hybridized carbons (Fsp3) is 0.333. The fourth-order valence-electron chi connectivity index (χ4n) is 5.14. The predicted molar refractivity (Wildman–Crippen MR) is 171 cm³/mol. The molecule has 202 valence electrons. The van der Waals surface area contributed by atoms with Crippen molar-refractivity contribution in [3.8, 4) is 0 Å². The number of carbonyl (C=O) groups is 1. The second kappa shape index (κ2) is 12.4. The van der Waals surface area contributed by atoms with E-state index < -0.39 is 5.97 Å². The third-order valence-corrected chi connectivity index (χ3v) is 11.1. The van der Waals surface area contributed by atoms with Crippen molar-refractivity contribution in [2.75, 3.05) is 5.75 Å². The molecule has 6 heteroatoms. The van der Waals surface area contributed by atoms with Gasteiger partial charge in [-0.1, -0.05) is 68.5 Å². The van der Waals surface area contributed by atoms with Crippen LogP contribution in [0.4, 0.5) is 0 Å². The smallest absolute Gasteiger partial charge is 0.303 e. The summed E-state index contributed by atoms with van der Waals surface area (Å²) in [6, 6.07) is 21.8. The van der Waals surface area contributed by atoms with Crippen molar-refractivity contribution in [3.05, 3.63) is 98.5 Å². The largest absolute Gasteiger partial charge is 0.481 e. The average molecular weight is 621 g/mol. The molecular formula is C33H34BrNO2S2. The first-order chi connectivity index (χ1) is 18.8. The van der Waals surface area contributed by atoms with E-state index in [9.17, 15) is 9.90 Å². The van der Waals surface area contributed by atoms with Crippen molar-refractivity contribution in [2.24, 2.45) is 5.41 Å². The number of hydrogen-bond donors (Lipinski definition) is 1. The minimum Gasteiger partial charge on any atom is -0.481 e. The summed E-state index contributed by atoms with van der Waals surface area (Å²) in [5, 5.41) is 11.8. The molecule has 1 aliphatic carbocycles. The van der Waals surface area contributed by atoms with Crippen LogP contribution < -0.4 is 0 Å². The number of benzene rings is 2. The maximum absolute atomic E-state index is 11.5. The van der Waals surface area contributed by atoms with Gasteiger partial charge in [0.15, 0.2) is 0 Å². The number of aryl methyl sites for hydroxylation is 1. The van der Waals surface area contributed by atoms with E-state index in [0.29, 0.717) is 11.2 Å². The van der Waals surface area contributed by atoms with E-state index in [2.05, 4.69) is 108 Å². The lowest BCUT2D eigenvalue weighted by Gasteiger charge is -2.22. The Morgan fingerprint density at radius 1 is 1.13 bits per heavy atom. The van der Waals surface area contributed by atoms with Crippen LogP contribution in [0.5, 0.6) is 0 Å². The standard InChI is InChI=1S/C33H34BrNO2S2/c1-22(2)27-9-4-3-7-24(27)11-14-29(39-21-33(16-17-33)19-31(36)37)25-8-5-6-23(18-25)10-12-26-13-15-30-32(35-26)28(34)20-38-30/h3-10,12-13,15,18,20,22,29H,11,14,16-17,19,21H2,1-2H3,(H,36,37)/t29-/m1/s1. The molecule has 39 heavy (non-hydrogen) atoms. The van der Waals surface area contributed by atoms with Crippen molar-refractivity contribution in [2.45, 2.75) is 57.1 Å². The molecule has 0 unspecified atom stereocenters.